The van der Waals surface area contributed by atoms with Gasteiger partial charge in [-0.25, -0.2) is 4.98 Å². The molecule has 0 aliphatic carbocycles. The van der Waals surface area contributed by atoms with Crippen molar-refractivity contribution in [3.63, 3.8) is 0 Å². The second-order valence-electron chi connectivity index (χ2n) is 4.35. The molecule has 4 heteroatoms. The number of nitrogens with zero attached hydrogens (tertiary/aromatic N) is 1. The van der Waals surface area contributed by atoms with Gasteiger partial charge in [-0.05, 0) is 37.5 Å². The molecule has 0 spiro atoms. The molecule has 0 fully saturated rings. The number of amides is 1. The van der Waals surface area contributed by atoms with Crippen molar-refractivity contribution in [2.45, 2.75) is 26.7 Å². The average Bonchev–Trinajstić information content (AvgIpc) is 2.84. The van der Waals surface area contributed by atoms with Crippen molar-refractivity contribution < 1.29 is 4.79 Å². The zero-order valence-electron chi connectivity index (χ0n) is 10.6. The van der Waals surface area contributed by atoms with Gasteiger partial charge in [-0.1, -0.05) is 12.1 Å². The van der Waals surface area contributed by atoms with Gasteiger partial charge >= 0.3 is 0 Å². The van der Waals surface area contributed by atoms with E-state index in [9.17, 15) is 4.79 Å². The maximum Gasteiger partial charge on any atom is 0.224 e. The lowest BCUT2D eigenvalue weighted by Crippen LogP contribution is -2.13. The molecule has 0 saturated carbocycles. The van der Waals surface area contributed by atoms with Gasteiger partial charge in [0, 0.05) is 17.5 Å². The van der Waals surface area contributed by atoms with Crippen LogP contribution in [-0.4, -0.2) is 10.9 Å². The van der Waals surface area contributed by atoms with Crippen LogP contribution in [0.1, 0.15) is 23.2 Å². The third-order valence-corrected chi connectivity index (χ3v) is 3.39. The minimum absolute atomic E-state index is 0.0386. The molecule has 18 heavy (non-hydrogen) atoms. The number of carbonyl (C=O) groups is 1. The molecule has 94 valence electrons. The third-order valence-electron chi connectivity index (χ3n) is 2.76. The van der Waals surface area contributed by atoms with Crippen LogP contribution in [0.5, 0.6) is 0 Å². The first kappa shape index (κ1) is 12.8. The van der Waals surface area contributed by atoms with E-state index >= 15 is 0 Å². The lowest BCUT2D eigenvalue weighted by Gasteiger charge is -2.08. The van der Waals surface area contributed by atoms with Crippen molar-refractivity contribution in [3.8, 4) is 0 Å². The van der Waals surface area contributed by atoms with Gasteiger partial charge in [0.1, 0.15) is 0 Å². The fourth-order valence-electron chi connectivity index (χ4n) is 1.69. The van der Waals surface area contributed by atoms with Crippen LogP contribution in [0.15, 0.2) is 29.1 Å². The summed E-state index contributed by atoms with van der Waals surface area (Å²) in [5.41, 5.74) is 5.91. The molecular weight excluding hydrogens is 244 g/mol. The van der Waals surface area contributed by atoms with Crippen LogP contribution in [0.25, 0.3) is 0 Å². The number of benzene rings is 1. The zero-order chi connectivity index (χ0) is 13.0. The lowest BCUT2D eigenvalue weighted by atomic mass is 10.1. The minimum Gasteiger partial charge on any atom is -0.326 e. The maximum atomic E-state index is 11.8. The Balaban J connectivity index is 1.92. The molecule has 0 saturated heterocycles. The molecular formula is C14H16N2OS. The van der Waals surface area contributed by atoms with E-state index in [1.807, 2.05) is 37.4 Å². The largest absolute Gasteiger partial charge is 0.326 e. The molecule has 1 aromatic carbocycles. The molecule has 1 aromatic heterocycles. The Morgan fingerprint density at radius 2 is 2.22 bits per heavy atom. The first-order chi connectivity index (χ1) is 8.65. The highest BCUT2D eigenvalue weighted by atomic mass is 32.1. The van der Waals surface area contributed by atoms with Crippen molar-refractivity contribution in [1.82, 2.24) is 4.98 Å². The molecule has 0 radical (unpaired) electrons. The van der Waals surface area contributed by atoms with Gasteiger partial charge in [0.25, 0.3) is 0 Å². The highest BCUT2D eigenvalue weighted by molar-refractivity contribution is 7.07. The lowest BCUT2D eigenvalue weighted by molar-refractivity contribution is -0.116. The van der Waals surface area contributed by atoms with Crippen molar-refractivity contribution >= 4 is 22.9 Å². The smallest absolute Gasteiger partial charge is 0.224 e. The van der Waals surface area contributed by atoms with Crippen LogP contribution in [0.4, 0.5) is 5.69 Å². The first-order valence-electron chi connectivity index (χ1n) is 5.89. The summed E-state index contributed by atoms with van der Waals surface area (Å²) >= 11 is 1.56. The van der Waals surface area contributed by atoms with Crippen molar-refractivity contribution in [1.29, 1.82) is 0 Å². The normalized spacial score (nSPS) is 10.3. The van der Waals surface area contributed by atoms with E-state index in [1.165, 1.54) is 0 Å². The van der Waals surface area contributed by atoms with Crippen LogP contribution >= 0.6 is 11.3 Å². The standard InChI is InChI=1S/C14H16N2OS/c1-10-3-4-11(2)13(7-10)16-14(17)6-5-12-8-18-9-15-12/h3-4,7-9H,5-6H2,1-2H3,(H,16,17). The Morgan fingerprint density at radius 1 is 1.39 bits per heavy atom. The number of nitrogens with one attached hydrogen (secondary N) is 1. The summed E-state index contributed by atoms with van der Waals surface area (Å²) in [4.78, 5) is 16.0. The highest BCUT2D eigenvalue weighted by Gasteiger charge is 2.06. The number of anilines is 1. The van der Waals surface area contributed by atoms with E-state index in [-0.39, 0.29) is 5.91 Å². The van der Waals surface area contributed by atoms with Crippen LogP contribution in [0.3, 0.4) is 0 Å². The van der Waals surface area contributed by atoms with Crippen LogP contribution in [-0.2, 0) is 11.2 Å². The number of aromatic nitrogens is 1. The summed E-state index contributed by atoms with van der Waals surface area (Å²) in [6, 6.07) is 6.06. The molecule has 1 amide bonds. The highest BCUT2D eigenvalue weighted by Crippen LogP contribution is 2.16. The summed E-state index contributed by atoms with van der Waals surface area (Å²) in [5, 5.41) is 4.93. The average molecular weight is 260 g/mol. The van der Waals surface area contributed by atoms with E-state index in [4.69, 9.17) is 0 Å². The predicted octanol–water partition coefficient (Wildman–Crippen LogP) is 3.33. The maximum absolute atomic E-state index is 11.8. The predicted molar refractivity (Wildman–Crippen MR) is 75.0 cm³/mol. The second-order valence-corrected chi connectivity index (χ2v) is 5.07. The number of hydrogen-bond donors (Lipinski definition) is 1. The first-order valence-corrected chi connectivity index (χ1v) is 6.83. The topological polar surface area (TPSA) is 42.0 Å². The quantitative estimate of drug-likeness (QED) is 0.916. The SMILES string of the molecule is Cc1ccc(C)c(NC(=O)CCc2cscn2)c1. The molecule has 0 aliphatic heterocycles. The fraction of sp³-hybridized carbons (Fsp3) is 0.286. The Morgan fingerprint density at radius 3 is 2.94 bits per heavy atom. The summed E-state index contributed by atoms with van der Waals surface area (Å²) in [7, 11) is 0. The fourth-order valence-corrected chi connectivity index (χ4v) is 2.28. The Kier molecular flexibility index (Phi) is 4.10. The molecule has 1 N–H and O–H groups in total. The van der Waals surface area contributed by atoms with E-state index < -0.39 is 0 Å². The van der Waals surface area contributed by atoms with Crippen molar-refractivity contribution in [2.75, 3.05) is 5.32 Å². The molecule has 0 atom stereocenters. The van der Waals surface area contributed by atoms with Gasteiger partial charge in [0.2, 0.25) is 5.91 Å². The van der Waals surface area contributed by atoms with Crippen molar-refractivity contribution in [3.05, 3.63) is 45.9 Å². The third kappa shape index (κ3) is 3.40. The van der Waals surface area contributed by atoms with Crippen LogP contribution in [0.2, 0.25) is 0 Å². The van der Waals surface area contributed by atoms with Gasteiger partial charge in [-0.3, -0.25) is 4.79 Å². The summed E-state index contributed by atoms with van der Waals surface area (Å²) in [6.07, 6.45) is 1.16. The minimum atomic E-state index is 0.0386. The van der Waals surface area contributed by atoms with E-state index in [0.29, 0.717) is 12.8 Å². The molecule has 0 aliphatic rings. The molecule has 2 rings (SSSR count). The van der Waals surface area contributed by atoms with Gasteiger partial charge < -0.3 is 5.32 Å². The summed E-state index contributed by atoms with van der Waals surface area (Å²) < 4.78 is 0. The Labute approximate surface area is 111 Å². The molecule has 2 aromatic rings. The van der Waals surface area contributed by atoms with Crippen LogP contribution < -0.4 is 5.32 Å². The number of carbonyl (C=O) groups excluding carboxylic acids is 1. The van der Waals surface area contributed by atoms with Crippen molar-refractivity contribution in [2.24, 2.45) is 0 Å². The number of rotatable bonds is 4. The second kappa shape index (κ2) is 5.78. The van der Waals surface area contributed by atoms with E-state index in [2.05, 4.69) is 10.3 Å². The van der Waals surface area contributed by atoms with Gasteiger partial charge in [0.15, 0.2) is 0 Å². The van der Waals surface area contributed by atoms with Gasteiger partial charge in [-0.2, -0.15) is 0 Å². The summed E-state index contributed by atoms with van der Waals surface area (Å²) in [5.74, 6) is 0.0386. The summed E-state index contributed by atoms with van der Waals surface area (Å²) in [6.45, 7) is 4.01. The van der Waals surface area contributed by atoms with E-state index in [1.54, 1.807) is 16.8 Å². The van der Waals surface area contributed by atoms with Gasteiger partial charge in [0.05, 0.1) is 11.2 Å². The number of aryl methyl sites for hydroxylation is 3. The Bertz CT molecular complexity index is 535. The molecule has 3 nitrogen and oxygen atoms in total. The Hall–Kier alpha value is -1.68. The zero-order valence-corrected chi connectivity index (χ0v) is 11.4. The molecule has 0 bridgehead atoms. The monoisotopic (exact) mass is 260 g/mol. The van der Waals surface area contributed by atoms with E-state index in [0.717, 1.165) is 22.5 Å². The molecule has 1 heterocycles. The number of hydrogen-bond acceptors (Lipinski definition) is 3. The number of thiazole rings is 1. The van der Waals surface area contributed by atoms with Gasteiger partial charge in [-0.15, -0.1) is 11.3 Å². The van der Waals surface area contributed by atoms with Crippen LogP contribution in [0, 0.1) is 13.8 Å². The molecule has 0 unspecified atom stereocenters.